The van der Waals surface area contributed by atoms with E-state index in [2.05, 4.69) is 25.2 Å². The van der Waals surface area contributed by atoms with Crippen LogP contribution in [0.15, 0.2) is 55.1 Å². The first-order valence-electron chi connectivity index (χ1n) is 12.6. The highest BCUT2D eigenvalue weighted by Crippen LogP contribution is 2.40. The minimum atomic E-state index is -0.522. The van der Waals surface area contributed by atoms with Crippen LogP contribution in [-0.4, -0.2) is 51.0 Å². The molecule has 3 aromatic heterocycles. The van der Waals surface area contributed by atoms with E-state index in [1.165, 1.54) is 47.9 Å². The number of anilines is 1. The molecule has 0 saturated carbocycles. The third-order valence-electron chi connectivity index (χ3n) is 6.54. The largest absolute Gasteiger partial charge is 0.403 e. The Morgan fingerprint density at radius 2 is 1.92 bits per heavy atom. The standard InChI is InChI=1S/C27H30F2N8S/c28-22-16-34-27(32-8-12-37(31)11-7-30)35-25(22)23-13-18-5-4-6-20(26(18)38-23)21-14-24(29)33-15-19(21)17-36-9-2-1-3-10-36/h4-7,11,13-16H,1-3,8-10,12,17,30-31H2,(H,32,34,35)/b11-7-. The summed E-state index contributed by atoms with van der Waals surface area (Å²) in [7, 11) is 0. The fraction of sp³-hybridized carbons (Fsp3) is 0.296. The summed E-state index contributed by atoms with van der Waals surface area (Å²) in [5.41, 5.74) is 8.23. The molecule has 0 aliphatic carbocycles. The monoisotopic (exact) mass is 536 g/mol. The molecule has 1 aliphatic rings. The minimum absolute atomic E-state index is 0.204. The molecule has 0 bridgehead atoms. The van der Waals surface area contributed by atoms with Gasteiger partial charge in [-0.2, -0.15) is 4.39 Å². The first-order valence-corrected chi connectivity index (χ1v) is 13.4. The first-order chi connectivity index (χ1) is 18.5. The minimum Gasteiger partial charge on any atom is -0.403 e. The zero-order valence-electron chi connectivity index (χ0n) is 20.9. The number of thiophene rings is 1. The molecule has 8 nitrogen and oxygen atoms in total. The van der Waals surface area contributed by atoms with E-state index in [9.17, 15) is 8.78 Å². The smallest absolute Gasteiger partial charge is 0.223 e. The second-order valence-electron chi connectivity index (χ2n) is 9.23. The van der Waals surface area contributed by atoms with E-state index >= 15 is 0 Å². The highest BCUT2D eigenvalue weighted by molar-refractivity contribution is 7.22. The number of hydrazine groups is 1. The summed E-state index contributed by atoms with van der Waals surface area (Å²) in [6.45, 7) is 3.67. The van der Waals surface area contributed by atoms with E-state index in [4.69, 9.17) is 11.6 Å². The van der Waals surface area contributed by atoms with E-state index < -0.39 is 11.8 Å². The van der Waals surface area contributed by atoms with Crippen molar-refractivity contribution in [3.05, 3.63) is 72.5 Å². The summed E-state index contributed by atoms with van der Waals surface area (Å²) < 4.78 is 30.2. The lowest BCUT2D eigenvalue weighted by atomic mass is 9.99. The average Bonchev–Trinajstić information content (AvgIpc) is 3.36. The number of likely N-dealkylation sites (tertiary alicyclic amines) is 1. The number of aromatic nitrogens is 3. The third kappa shape index (κ3) is 5.90. The number of halogens is 2. The maximum atomic E-state index is 14.9. The van der Waals surface area contributed by atoms with Crippen molar-refractivity contribution in [2.45, 2.75) is 25.8 Å². The molecule has 4 aromatic rings. The Hall–Kier alpha value is -3.67. The Labute approximate surface area is 224 Å². The van der Waals surface area contributed by atoms with Crippen molar-refractivity contribution < 1.29 is 8.78 Å². The molecule has 0 amide bonds. The number of piperidine rings is 1. The lowest BCUT2D eigenvalue weighted by Crippen LogP contribution is -2.30. The fourth-order valence-corrected chi connectivity index (χ4v) is 5.87. The van der Waals surface area contributed by atoms with Gasteiger partial charge in [0.05, 0.1) is 17.6 Å². The van der Waals surface area contributed by atoms with Crippen molar-refractivity contribution >= 4 is 27.4 Å². The molecule has 1 fully saturated rings. The maximum absolute atomic E-state index is 14.9. The van der Waals surface area contributed by atoms with E-state index in [1.807, 2.05) is 24.3 Å². The molecule has 5 rings (SSSR count). The van der Waals surface area contributed by atoms with Gasteiger partial charge in [-0.15, -0.1) is 11.3 Å². The van der Waals surface area contributed by atoms with Crippen molar-refractivity contribution in [2.75, 3.05) is 31.5 Å². The number of fused-ring (bicyclic) bond motifs is 1. The van der Waals surface area contributed by atoms with Crippen LogP contribution >= 0.6 is 11.3 Å². The van der Waals surface area contributed by atoms with Crippen molar-refractivity contribution in [1.82, 2.24) is 24.9 Å². The molecule has 1 aliphatic heterocycles. The van der Waals surface area contributed by atoms with Crippen molar-refractivity contribution in [1.29, 1.82) is 0 Å². The third-order valence-corrected chi connectivity index (χ3v) is 7.73. The Balaban J connectivity index is 1.46. The van der Waals surface area contributed by atoms with E-state index in [-0.39, 0.29) is 5.69 Å². The van der Waals surface area contributed by atoms with Crippen molar-refractivity contribution in [3.63, 3.8) is 0 Å². The Kier molecular flexibility index (Phi) is 8.06. The van der Waals surface area contributed by atoms with Gasteiger partial charge < -0.3 is 16.1 Å². The lowest BCUT2D eigenvalue weighted by molar-refractivity contribution is 0.221. The van der Waals surface area contributed by atoms with Crippen LogP contribution in [0.4, 0.5) is 14.7 Å². The number of nitrogens with two attached hydrogens (primary N) is 2. The number of pyridine rings is 1. The Morgan fingerprint density at radius 3 is 2.74 bits per heavy atom. The molecular formula is C27H30F2N8S. The SMILES string of the molecule is N/C=C\N(N)CCNc1ncc(F)c(-c2cc3cccc(-c4cc(F)ncc4CN4CCCCC4)c3s2)n1. The number of hydrogen-bond acceptors (Lipinski definition) is 9. The topological polar surface area (TPSA) is 109 Å². The van der Waals surface area contributed by atoms with Crippen molar-refractivity contribution in [2.24, 2.45) is 11.6 Å². The number of hydrogen-bond donors (Lipinski definition) is 3. The first kappa shape index (κ1) is 26.0. The summed E-state index contributed by atoms with van der Waals surface area (Å²) in [4.78, 5) is 15.5. The summed E-state index contributed by atoms with van der Waals surface area (Å²) in [6.07, 6.45) is 9.27. The van der Waals surface area contributed by atoms with Crippen LogP contribution in [0.5, 0.6) is 0 Å². The summed E-state index contributed by atoms with van der Waals surface area (Å²) in [5, 5.41) is 5.42. The van der Waals surface area contributed by atoms with Crippen LogP contribution in [0.3, 0.4) is 0 Å². The summed E-state index contributed by atoms with van der Waals surface area (Å²) in [5.74, 6) is 5.02. The predicted molar refractivity (Wildman–Crippen MR) is 148 cm³/mol. The van der Waals surface area contributed by atoms with Crippen LogP contribution in [0, 0.1) is 11.8 Å². The van der Waals surface area contributed by atoms with Crippen LogP contribution in [0.2, 0.25) is 0 Å². The molecule has 0 radical (unpaired) electrons. The second-order valence-corrected chi connectivity index (χ2v) is 10.3. The normalized spacial score (nSPS) is 14.4. The molecular weight excluding hydrogens is 506 g/mol. The summed E-state index contributed by atoms with van der Waals surface area (Å²) in [6, 6.07) is 9.30. The molecule has 5 N–H and O–H groups in total. The van der Waals surface area contributed by atoms with Gasteiger partial charge in [0, 0.05) is 48.0 Å². The molecule has 38 heavy (non-hydrogen) atoms. The van der Waals surface area contributed by atoms with Crippen LogP contribution in [-0.2, 0) is 6.54 Å². The molecule has 11 heteroatoms. The number of nitrogens with zero attached hydrogens (tertiary/aromatic N) is 5. The van der Waals surface area contributed by atoms with E-state index in [1.54, 1.807) is 12.4 Å². The zero-order chi connectivity index (χ0) is 26.5. The van der Waals surface area contributed by atoms with Crippen molar-refractivity contribution in [3.8, 4) is 21.7 Å². The average molecular weight is 537 g/mol. The molecule has 4 heterocycles. The van der Waals surface area contributed by atoms with Crippen LogP contribution in [0.25, 0.3) is 31.8 Å². The van der Waals surface area contributed by atoms with Gasteiger partial charge in [0.25, 0.3) is 0 Å². The quantitative estimate of drug-likeness (QED) is 0.160. The van der Waals surface area contributed by atoms with Gasteiger partial charge in [0.1, 0.15) is 5.69 Å². The maximum Gasteiger partial charge on any atom is 0.223 e. The molecule has 198 valence electrons. The van der Waals surface area contributed by atoms with Gasteiger partial charge >= 0.3 is 0 Å². The Bertz CT molecular complexity index is 1430. The highest BCUT2D eigenvalue weighted by atomic mass is 32.1. The second kappa shape index (κ2) is 11.8. The zero-order valence-corrected chi connectivity index (χ0v) is 21.7. The van der Waals surface area contributed by atoms with Gasteiger partial charge in [-0.05, 0) is 48.5 Å². The summed E-state index contributed by atoms with van der Waals surface area (Å²) >= 11 is 1.42. The molecule has 0 unspecified atom stereocenters. The van der Waals surface area contributed by atoms with Gasteiger partial charge in [0.15, 0.2) is 5.82 Å². The number of nitrogens with one attached hydrogen (secondary N) is 1. The fourth-order valence-electron chi connectivity index (χ4n) is 4.69. The number of rotatable bonds is 9. The van der Waals surface area contributed by atoms with E-state index in [0.717, 1.165) is 46.1 Å². The lowest BCUT2D eigenvalue weighted by Gasteiger charge is -2.27. The van der Waals surface area contributed by atoms with Crippen LogP contribution in [0.1, 0.15) is 24.8 Å². The number of benzene rings is 1. The van der Waals surface area contributed by atoms with E-state index in [0.29, 0.717) is 30.5 Å². The van der Waals surface area contributed by atoms with Gasteiger partial charge in [-0.3, -0.25) is 4.90 Å². The molecule has 1 aromatic carbocycles. The highest BCUT2D eigenvalue weighted by Gasteiger charge is 2.19. The Morgan fingerprint density at radius 1 is 1.08 bits per heavy atom. The van der Waals surface area contributed by atoms with Crippen LogP contribution < -0.4 is 16.9 Å². The van der Waals surface area contributed by atoms with Gasteiger partial charge in [-0.25, -0.2) is 25.2 Å². The predicted octanol–water partition coefficient (Wildman–Crippen LogP) is 4.70. The molecule has 0 atom stereocenters. The molecule has 1 saturated heterocycles. The van der Waals surface area contributed by atoms with Gasteiger partial charge in [0.2, 0.25) is 11.9 Å². The van der Waals surface area contributed by atoms with Gasteiger partial charge in [-0.1, -0.05) is 24.6 Å². The molecule has 0 spiro atoms.